The molecule has 0 radical (unpaired) electrons. The fraction of sp³-hybridized carbons (Fsp3) is 0.885. The van der Waals surface area contributed by atoms with Crippen LogP contribution in [0.3, 0.4) is 0 Å². The normalized spacial score (nSPS) is 16.2. The Hall–Kier alpha value is -1.23. The van der Waals surface area contributed by atoms with Gasteiger partial charge in [0.15, 0.2) is 11.6 Å². The molecule has 1 amide bonds. The summed E-state index contributed by atoms with van der Waals surface area (Å²) in [4.78, 5) is 43.6. The van der Waals surface area contributed by atoms with Crippen LogP contribution in [0.15, 0.2) is 0 Å². The highest BCUT2D eigenvalue weighted by Gasteiger charge is 2.37. The van der Waals surface area contributed by atoms with Crippen molar-refractivity contribution in [2.45, 2.75) is 107 Å². The molecule has 182 valence electrons. The molecule has 0 N–H and O–H groups in total. The lowest BCUT2D eigenvalue weighted by Crippen LogP contribution is -2.50. The van der Waals surface area contributed by atoms with Crippen LogP contribution in [0.25, 0.3) is 0 Å². The number of nitrogens with zero attached hydrogens (tertiary/aromatic N) is 2. The fourth-order valence-corrected chi connectivity index (χ4v) is 4.15. The first kappa shape index (κ1) is 29.8. The van der Waals surface area contributed by atoms with Crippen molar-refractivity contribution >= 4 is 17.5 Å². The Morgan fingerprint density at radius 2 is 1.35 bits per heavy atom. The minimum absolute atomic E-state index is 0.0229. The third-order valence-electron chi connectivity index (χ3n) is 6.72. The van der Waals surface area contributed by atoms with Gasteiger partial charge in [-0.3, -0.25) is 19.3 Å². The van der Waals surface area contributed by atoms with E-state index in [2.05, 4.69) is 46.4 Å². The molecule has 0 heterocycles. The summed E-state index contributed by atoms with van der Waals surface area (Å²) in [5, 5.41) is 0. The topological polar surface area (TPSA) is 57.7 Å². The van der Waals surface area contributed by atoms with E-state index in [1.807, 2.05) is 34.7 Å². The van der Waals surface area contributed by atoms with Crippen molar-refractivity contribution in [3.8, 4) is 0 Å². The predicted octanol–water partition coefficient (Wildman–Crippen LogP) is 5.07. The lowest BCUT2D eigenvalue weighted by atomic mass is 9.83. The second kappa shape index (κ2) is 13.3. The quantitative estimate of drug-likeness (QED) is 0.380. The van der Waals surface area contributed by atoms with Crippen molar-refractivity contribution in [1.29, 1.82) is 0 Å². The Labute approximate surface area is 192 Å². The number of likely N-dealkylation sites (N-methyl/N-ethyl adjacent to an activating group) is 2. The number of hydrogen-bond acceptors (Lipinski definition) is 4. The summed E-state index contributed by atoms with van der Waals surface area (Å²) in [7, 11) is 3.74. The van der Waals surface area contributed by atoms with Gasteiger partial charge in [-0.25, -0.2) is 0 Å². The number of hydrogen-bond donors (Lipinski definition) is 0. The van der Waals surface area contributed by atoms with Gasteiger partial charge >= 0.3 is 0 Å². The third kappa shape index (κ3) is 8.67. The maximum absolute atomic E-state index is 13.5. The van der Waals surface area contributed by atoms with Gasteiger partial charge < -0.3 is 4.90 Å². The molecule has 0 aliphatic rings. The fourth-order valence-electron chi connectivity index (χ4n) is 4.15. The molecule has 0 unspecified atom stereocenters. The Bertz CT molecular complexity index is 583. The molecule has 5 heteroatoms. The Balaban J connectivity index is 5.81. The molecule has 0 aliphatic heterocycles. The number of carbonyl (C=O) groups is 3. The lowest BCUT2D eigenvalue weighted by molar-refractivity contribution is -0.146. The molecule has 0 bridgehead atoms. The average molecular weight is 439 g/mol. The molecule has 0 aliphatic carbocycles. The van der Waals surface area contributed by atoms with E-state index in [0.717, 1.165) is 6.42 Å². The van der Waals surface area contributed by atoms with E-state index < -0.39 is 12.0 Å². The van der Waals surface area contributed by atoms with Crippen LogP contribution in [0.2, 0.25) is 0 Å². The van der Waals surface area contributed by atoms with Gasteiger partial charge in [0.2, 0.25) is 5.91 Å². The van der Waals surface area contributed by atoms with Gasteiger partial charge in [0.1, 0.15) is 0 Å². The molecule has 31 heavy (non-hydrogen) atoms. The van der Waals surface area contributed by atoms with Crippen LogP contribution < -0.4 is 0 Å². The molecule has 0 aromatic rings. The summed E-state index contributed by atoms with van der Waals surface area (Å²) in [5.74, 6) is 0.130. The summed E-state index contributed by atoms with van der Waals surface area (Å²) in [6, 6.07) is -0.390. The molecule has 0 saturated heterocycles. The molecule has 0 saturated carbocycles. The summed E-state index contributed by atoms with van der Waals surface area (Å²) in [5.41, 5.74) is 0. The van der Waals surface area contributed by atoms with Crippen LogP contribution >= 0.6 is 0 Å². The highest BCUT2D eigenvalue weighted by Crippen LogP contribution is 2.26. The number of carbonyl (C=O) groups excluding carboxylic acids is 3. The maximum atomic E-state index is 13.5. The van der Waals surface area contributed by atoms with Gasteiger partial charge in [0.25, 0.3) is 0 Å². The van der Waals surface area contributed by atoms with Gasteiger partial charge in [-0.1, -0.05) is 61.8 Å². The van der Waals surface area contributed by atoms with Crippen molar-refractivity contribution in [2.24, 2.45) is 29.6 Å². The third-order valence-corrected chi connectivity index (χ3v) is 6.72. The van der Waals surface area contributed by atoms with E-state index in [4.69, 9.17) is 0 Å². The molecule has 0 fully saturated rings. The first-order chi connectivity index (χ1) is 14.2. The van der Waals surface area contributed by atoms with E-state index in [0.29, 0.717) is 12.3 Å². The lowest BCUT2D eigenvalue weighted by Gasteiger charge is -2.37. The molecule has 0 spiro atoms. The monoisotopic (exact) mass is 438 g/mol. The van der Waals surface area contributed by atoms with Crippen LogP contribution in [0.5, 0.6) is 0 Å². The molecule has 5 nitrogen and oxygen atoms in total. The molecule has 0 aromatic carbocycles. The second-order valence-corrected chi connectivity index (χ2v) is 10.8. The van der Waals surface area contributed by atoms with Crippen molar-refractivity contribution in [3.63, 3.8) is 0 Å². The molecular formula is C26H50N2O3. The molecular weight excluding hydrogens is 388 g/mol. The van der Waals surface area contributed by atoms with Gasteiger partial charge in [0.05, 0.1) is 12.1 Å². The average Bonchev–Trinajstić information content (AvgIpc) is 2.67. The van der Waals surface area contributed by atoms with Gasteiger partial charge in [-0.15, -0.1) is 0 Å². The van der Waals surface area contributed by atoms with Crippen LogP contribution in [0, 0.1) is 29.6 Å². The standard InChI is InChI=1S/C26H50N2O3/c1-13-20(10)24(27(11)19(8)9)23(29)15-21(17(4)5)26(31)28(12)22(14-16(2)3)25(30)18(6)7/h16-22,24H,13-15H2,1-12H3/t20-,21-,22-,24-/m0/s1. The minimum Gasteiger partial charge on any atom is -0.335 e. The summed E-state index contributed by atoms with van der Waals surface area (Å²) in [6.07, 6.45) is 1.77. The van der Waals surface area contributed by atoms with E-state index in [1.165, 1.54) is 0 Å². The van der Waals surface area contributed by atoms with Crippen molar-refractivity contribution < 1.29 is 14.4 Å². The van der Waals surface area contributed by atoms with E-state index in [1.54, 1.807) is 11.9 Å². The highest BCUT2D eigenvalue weighted by atomic mass is 16.2. The van der Waals surface area contributed by atoms with Crippen molar-refractivity contribution in [3.05, 3.63) is 0 Å². The predicted molar refractivity (Wildman–Crippen MR) is 130 cm³/mol. The first-order valence-corrected chi connectivity index (χ1v) is 12.2. The van der Waals surface area contributed by atoms with E-state index in [-0.39, 0.29) is 53.7 Å². The molecule has 0 rings (SSSR count). The largest absolute Gasteiger partial charge is 0.335 e. The van der Waals surface area contributed by atoms with E-state index >= 15 is 0 Å². The number of Topliss-reactive ketones (excluding diaryl/α,β-unsaturated/α-hetero) is 2. The van der Waals surface area contributed by atoms with Gasteiger partial charge in [-0.2, -0.15) is 0 Å². The minimum atomic E-state index is -0.437. The molecule has 4 atom stereocenters. The first-order valence-electron chi connectivity index (χ1n) is 12.2. The molecule has 0 aromatic heterocycles. The van der Waals surface area contributed by atoms with Crippen LogP contribution in [-0.4, -0.2) is 59.5 Å². The Morgan fingerprint density at radius 1 is 0.839 bits per heavy atom. The number of rotatable bonds is 14. The zero-order chi connectivity index (χ0) is 24.6. The van der Waals surface area contributed by atoms with Gasteiger partial charge in [-0.05, 0) is 45.1 Å². The van der Waals surface area contributed by atoms with E-state index in [9.17, 15) is 14.4 Å². The van der Waals surface area contributed by atoms with Crippen molar-refractivity contribution in [1.82, 2.24) is 9.80 Å². The summed E-state index contributed by atoms with van der Waals surface area (Å²) >= 11 is 0. The highest BCUT2D eigenvalue weighted by molar-refractivity contribution is 5.93. The maximum Gasteiger partial charge on any atom is 0.226 e. The summed E-state index contributed by atoms with van der Waals surface area (Å²) in [6.45, 7) is 20.3. The van der Waals surface area contributed by atoms with Crippen LogP contribution in [0.4, 0.5) is 0 Å². The SMILES string of the molecule is CC[C@H](C)[C@@H](C(=O)C[C@H](C(=O)N(C)[C@@H](CC(C)C)C(=O)C(C)C)C(C)C)N(C)C(C)C. The Morgan fingerprint density at radius 3 is 1.71 bits per heavy atom. The smallest absolute Gasteiger partial charge is 0.226 e. The van der Waals surface area contributed by atoms with Gasteiger partial charge in [0, 0.05) is 31.3 Å². The number of ketones is 2. The number of amides is 1. The zero-order valence-corrected chi connectivity index (χ0v) is 22.4. The van der Waals surface area contributed by atoms with Crippen LogP contribution in [-0.2, 0) is 14.4 Å². The zero-order valence-electron chi connectivity index (χ0n) is 22.4. The van der Waals surface area contributed by atoms with Crippen LogP contribution in [0.1, 0.15) is 88.5 Å². The Kier molecular flexibility index (Phi) is 12.8. The summed E-state index contributed by atoms with van der Waals surface area (Å²) < 4.78 is 0. The van der Waals surface area contributed by atoms with Crippen molar-refractivity contribution in [2.75, 3.05) is 14.1 Å². The second-order valence-electron chi connectivity index (χ2n) is 10.8.